The second-order valence-electron chi connectivity index (χ2n) is 7.22. The molecule has 2 heterocycles. The highest BCUT2D eigenvalue weighted by atomic mass is 19.4. The van der Waals surface area contributed by atoms with Crippen molar-refractivity contribution in [3.05, 3.63) is 47.2 Å². The van der Waals surface area contributed by atoms with Crippen molar-refractivity contribution in [2.45, 2.75) is 25.9 Å². The monoisotopic (exact) mass is 424 g/mol. The van der Waals surface area contributed by atoms with Crippen LogP contribution in [0.5, 0.6) is 0 Å². The molecule has 1 N–H and O–H groups in total. The zero-order valence-electron chi connectivity index (χ0n) is 16.5. The van der Waals surface area contributed by atoms with Crippen molar-refractivity contribution in [1.82, 2.24) is 15.0 Å². The van der Waals surface area contributed by atoms with Crippen LogP contribution in [0.3, 0.4) is 0 Å². The Hall–Kier alpha value is -2.88. The maximum atomic E-state index is 12.9. The highest BCUT2D eigenvalue weighted by Crippen LogP contribution is 2.29. The highest BCUT2D eigenvalue weighted by molar-refractivity contribution is 5.99. The van der Waals surface area contributed by atoms with Gasteiger partial charge in [-0.25, -0.2) is 0 Å². The largest absolute Gasteiger partial charge is 0.416 e. The third kappa shape index (κ3) is 5.82. The SMILES string of the molecule is Cc1cc(NC(=O)CN(CCN2CCCC2)C(=O)c2ccc(C(F)(F)F)cc2)no1. The molecule has 0 radical (unpaired) electrons. The van der Waals surface area contributed by atoms with Gasteiger partial charge in [-0.2, -0.15) is 13.2 Å². The topological polar surface area (TPSA) is 78.7 Å². The summed E-state index contributed by atoms with van der Waals surface area (Å²) in [6, 6.07) is 5.54. The Morgan fingerprint density at radius 1 is 1.20 bits per heavy atom. The molecule has 30 heavy (non-hydrogen) atoms. The van der Waals surface area contributed by atoms with E-state index in [-0.39, 0.29) is 24.5 Å². The molecule has 7 nitrogen and oxygen atoms in total. The lowest BCUT2D eigenvalue weighted by atomic mass is 10.1. The average Bonchev–Trinajstić information content (AvgIpc) is 3.35. The van der Waals surface area contributed by atoms with Crippen molar-refractivity contribution >= 4 is 17.6 Å². The molecule has 1 aromatic heterocycles. The standard InChI is InChI=1S/C20H23F3N4O3/c1-14-12-17(25-30-14)24-18(28)13-27(11-10-26-8-2-3-9-26)19(29)15-4-6-16(7-5-15)20(21,22)23/h4-7,12H,2-3,8-11,13H2,1H3,(H,24,25,28). The van der Waals surface area contributed by atoms with E-state index >= 15 is 0 Å². The number of amides is 2. The minimum Gasteiger partial charge on any atom is -0.360 e. The van der Waals surface area contributed by atoms with E-state index in [9.17, 15) is 22.8 Å². The zero-order valence-corrected chi connectivity index (χ0v) is 16.5. The van der Waals surface area contributed by atoms with E-state index < -0.39 is 23.6 Å². The fourth-order valence-electron chi connectivity index (χ4n) is 3.29. The molecule has 1 fully saturated rings. The van der Waals surface area contributed by atoms with Crippen molar-refractivity contribution < 1.29 is 27.3 Å². The van der Waals surface area contributed by atoms with Crippen LogP contribution in [0.1, 0.15) is 34.5 Å². The van der Waals surface area contributed by atoms with Gasteiger partial charge in [0.25, 0.3) is 5.91 Å². The molecule has 0 atom stereocenters. The molecule has 1 aliphatic rings. The van der Waals surface area contributed by atoms with Crippen LogP contribution >= 0.6 is 0 Å². The summed E-state index contributed by atoms with van der Waals surface area (Å²) in [4.78, 5) is 28.8. The highest BCUT2D eigenvalue weighted by Gasteiger charge is 2.30. The van der Waals surface area contributed by atoms with E-state index in [1.165, 1.54) is 4.90 Å². The maximum absolute atomic E-state index is 12.9. The number of aryl methyl sites for hydroxylation is 1. The number of alkyl halides is 3. The van der Waals surface area contributed by atoms with Crippen LogP contribution in [0.2, 0.25) is 0 Å². The molecule has 2 aromatic rings. The first-order chi connectivity index (χ1) is 14.2. The lowest BCUT2D eigenvalue weighted by Crippen LogP contribution is -2.42. The van der Waals surface area contributed by atoms with Crippen molar-refractivity contribution in [2.24, 2.45) is 0 Å². The Kier molecular flexibility index (Phi) is 6.76. The summed E-state index contributed by atoms with van der Waals surface area (Å²) in [7, 11) is 0. The number of likely N-dealkylation sites (tertiary alicyclic amines) is 1. The molecule has 0 aliphatic carbocycles. The molecule has 0 saturated carbocycles. The van der Waals surface area contributed by atoms with E-state index in [4.69, 9.17) is 4.52 Å². The molecular formula is C20H23F3N4O3. The first kappa shape index (κ1) is 21.8. The van der Waals surface area contributed by atoms with Gasteiger partial charge in [0.2, 0.25) is 5.91 Å². The van der Waals surface area contributed by atoms with Gasteiger partial charge in [0.05, 0.1) is 5.56 Å². The Labute approximate surface area is 171 Å². The number of nitrogens with zero attached hydrogens (tertiary/aromatic N) is 3. The van der Waals surface area contributed by atoms with Gasteiger partial charge in [-0.1, -0.05) is 5.16 Å². The summed E-state index contributed by atoms with van der Waals surface area (Å²) >= 11 is 0. The van der Waals surface area contributed by atoms with Crippen LogP contribution in [-0.2, 0) is 11.0 Å². The lowest BCUT2D eigenvalue weighted by Gasteiger charge is -2.25. The Bertz CT molecular complexity index is 874. The van der Waals surface area contributed by atoms with Crippen LogP contribution in [0, 0.1) is 6.92 Å². The fraction of sp³-hybridized carbons (Fsp3) is 0.450. The number of carbonyl (C=O) groups excluding carboxylic acids is 2. The summed E-state index contributed by atoms with van der Waals surface area (Å²) < 4.78 is 43.3. The zero-order chi connectivity index (χ0) is 21.7. The molecule has 1 aliphatic heterocycles. The molecule has 10 heteroatoms. The number of halogens is 3. The average molecular weight is 424 g/mol. The summed E-state index contributed by atoms with van der Waals surface area (Å²) in [5.41, 5.74) is -0.740. The quantitative estimate of drug-likeness (QED) is 0.739. The number of rotatable bonds is 7. The first-order valence-electron chi connectivity index (χ1n) is 9.64. The van der Waals surface area contributed by atoms with Gasteiger partial charge in [-0.3, -0.25) is 9.59 Å². The molecule has 3 rings (SSSR count). The number of aromatic nitrogens is 1. The fourth-order valence-corrected chi connectivity index (χ4v) is 3.29. The second kappa shape index (κ2) is 9.29. The van der Waals surface area contributed by atoms with Crippen LogP contribution in [-0.4, -0.2) is 59.5 Å². The number of hydrogen-bond acceptors (Lipinski definition) is 5. The number of nitrogens with one attached hydrogen (secondary N) is 1. The predicted molar refractivity (Wildman–Crippen MR) is 103 cm³/mol. The molecule has 1 saturated heterocycles. The Balaban J connectivity index is 1.70. The van der Waals surface area contributed by atoms with Crippen LogP contribution < -0.4 is 5.32 Å². The molecule has 1 aromatic carbocycles. The van der Waals surface area contributed by atoms with Crippen LogP contribution in [0.25, 0.3) is 0 Å². The predicted octanol–water partition coefficient (Wildman–Crippen LogP) is 3.18. The summed E-state index contributed by atoms with van der Waals surface area (Å²) in [5.74, 6) is -0.213. The molecule has 162 valence electrons. The normalized spacial score (nSPS) is 14.7. The number of anilines is 1. The number of benzene rings is 1. The van der Waals surface area contributed by atoms with Crippen molar-refractivity contribution in [3.8, 4) is 0 Å². The van der Waals surface area contributed by atoms with E-state index in [0.717, 1.165) is 50.2 Å². The van der Waals surface area contributed by atoms with E-state index in [1.54, 1.807) is 13.0 Å². The lowest BCUT2D eigenvalue weighted by molar-refractivity contribution is -0.137. The van der Waals surface area contributed by atoms with Gasteiger partial charge in [0, 0.05) is 24.7 Å². The van der Waals surface area contributed by atoms with E-state index in [1.807, 2.05) is 0 Å². The first-order valence-corrected chi connectivity index (χ1v) is 9.64. The summed E-state index contributed by atoms with van der Waals surface area (Å²) in [5, 5.41) is 6.24. The van der Waals surface area contributed by atoms with Gasteiger partial charge in [0.1, 0.15) is 12.3 Å². The third-order valence-corrected chi connectivity index (χ3v) is 4.86. The molecule has 0 spiro atoms. The van der Waals surface area contributed by atoms with E-state index in [0.29, 0.717) is 12.3 Å². The molecule has 0 unspecified atom stereocenters. The van der Waals surface area contributed by atoms with Crippen molar-refractivity contribution in [3.63, 3.8) is 0 Å². The minimum absolute atomic E-state index is 0.0921. The van der Waals surface area contributed by atoms with Gasteiger partial charge in [0.15, 0.2) is 5.82 Å². The third-order valence-electron chi connectivity index (χ3n) is 4.86. The summed E-state index contributed by atoms with van der Waals surface area (Å²) in [6.07, 6.45) is -2.32. The van der Waals surface area contributed by atoms with Gasteiger partial charge in [-0.05, 0) is 57.1 Å². The minimum atomic E-state index is -4.48. The van der Waals surface area contributed by atoms with Crippen LogP contribution in [0.15, 0.2) is 34.9 Å². The van der Waals surface area contributed by atoms with Gasteiger partial charge in [-0.15, -0.1) is 0 Å². The van der Waals surface area contributed by atoms with Gasteiger partial charge < -0.3 is 19.6 Å². The molecule has 0 bridgehead atoms. The van der Waals surface area contributed by atoms with Crippen molar-refractivity contribution in [2.75, 3.05) is 38.0 Å². The second-order valence-corrected chi connectivity index (χ2v) is 7.22. The number of hydrogen-bond donors (Lipinski definition) is 1. The Morgan fingerprint density at radius 2 is 1.87 bits per heavy atom. The molecular weight excluding hydrogens is 401 g/mol. The molecule has 2 amide bonds. The summed E-state index contributed by atoms with van der Waals surface area (Å²) in [6.45, 7) is 4.14. The van der Waals surface area contributed by atoms with Crippen LogP contribution in [0.4, 0.5) is 19.0 Å². The van der Waals surface area contributed by atoms with Crippen molar-refractivity contribution in [1.29, 1.82) is 0 Å². The van der Waals surface area contributed by atoms with Gasteiger partial charge >= 0.3 is 6.18 Å². The smallest absolute Gasteiger partial charge is 0.360 e. The number of carbonyl (C=O) groups is 2. The Morgan fingerprint density at radius 3 is 2.43 bits per heavy atom. The maximum Gasteiger partial charge on any atom is 0.416 e. The van der Waals surface area contributed by atoms with E-state index in [2.05, 4.69) is 15.4 Å².